The Hall–Kier alpha value is -1.39. The van der Waals surface area contributed by atoms with Gasteiger partial charge in [-0.3, -0.25) is 14.4 Å². The van der Waals surface area contributed by atoms with E-state index in [-0.39, 0.29) is 41.9 Å². The maximum atomic E-state index is 12.0. The van der Waals surface area contributed by atoms with Gasteiger partial charge in [0, 0.05) is 25.3 Å². The molecule has 0 bridgehead atoms. The maximum Gasteiger partial charge on any atom is 0.306 e. The Morgan fingerprint density at radius 2 is 1.59 bits per heavy atom. The molecule has 0 fully saturated rings. The van der Waals surface area contributed by atoms with Crippen LogP contribution in [0, 0.1) is 17.3 Å². The summed E-state index contributed by atoms with van der Waals surface area (Å²) in [5.74, 6) is -1.52. The van der Waals surface area contributed by atoms with Crippen molar-refractivity contribution in [3.63, 3.8) is 0 Å². The van der Waals surface area contributed by atoms with Gasteiger partial charge in [-0.05, 0) is 24.7 Å². The predicted molar refractivity (Wildman–Crippen MR) is 86.5 cm³/mol. The van der Waals surface area contributed by atoms with E-state index in [1.807, 2.05) is 34.6 Å². The van der Waals surface area contributed by atoms with Crippen LogP contribution in [0.15, 0.2) is 0 Å². The van der Waals surface area contributed by atoms with Gasteiger partial charge in [0.05, 0.1) is 5.92 Å². The molecule has 0 aliphatic rings. The molecule has 128 valence electrons. The number of aliphatic carboxylic acids is 1. The third-order valence-corrected chi connectivity index (χ3v) is 3.21. The second-order valence-electron chi connectivity index (χ2n) is 7.82. The van der Waals surface area contributed by atoms with Crippen molar-refractivity contribution in [1.29, 1.82) is 0 Å². The van der Waals surface area contributed by atoms with Crippen LogP contribution in [-0.4, -0.2) is 28.8 Å². The van der Waals surface area contributed by atoms with Crippen LogP contribution < -0.4 is 5.32 Å². The fourth-order valence-electron chi connectivity index (χ4n) is 2.40. The Morgan fingerprint density at radius 1 is 1.05 bits per heavy atom. The van der Waals surface area contributed by atoms with E-state index in [0.717, 1.165) is 0 Å². The minimum atomic E-state index is -0.925. The van der Waals surface area contributed by atoms with Crippen LogP contribution in [0.3, 0.4) is 0 Å². The van der Waals surface area contributed by atoms with Gasteiger partial charge in [-0.1, -0.05) is 34.6 Å². The molecule has 0 unspecified atom stereocenters. The molecule has 0 heterocycles. The smallest absolute Gasteiger partial charge is 0.306 e. The summed E-state index contributed by atoms with van der Waals surface area (Å²) in [6.07, 6.45) is 1.10. The Morgan fingerprint density at radius 3 is 2.00 bits per heavy atom. The number of carbonyl (C=O) groups excluding carboxylic acids is 2. The van der Waals surface area contributed by atoms with Crippen LogP contribution in [0.4, 0.5) is 0 Å². The van der Waals surface area contributed by atoms with E-state index in [1.54, 1.807) is 6.92 Å². The molecule has 5 nitrogen and oxygen atoms in total. The molecule has 1 amide bonds. The third-order valence-electron chi connectivity index (χ3n) is 3.21. The summed E-state index contributed by atoms with van der Waals surface area (Å²) in [6, 6.07) is -0.268. The Bertz CT molecular complexity index is 396. The highest BCUT2D eigenvalue weighted by atomic mass is 16.4. The van der Waals surface area contributed by atoms with Gasteiger partial charge >= 0.3 is 5.97 Å². The van der Waals surface area contributed by atoms with Gasteiger partial charge in [-0.2, -0.15) is 0 Å². The number of rotatable bonds is 9. The molecule has 0 aromatic carbocycles. The Labute approximate surface area is 133 Å². The number of carboxylic acid groups (broad SMARTS) is 1. The van der Waals surface area contributed by atoms with Crippen molar-refractivity contribution in [3.05, 3.63) is 0 Å². The second-order valence-corrected chi connectivity index (χ2v) is 7.82. The summed E-state index contributed by atoms with van der Waals surface area (Å²) in [4.78, 5) is 35.0. The lowest BCUT2D eigenvalue weighted by Crippen LogP contribution is -2.36. The summed E-state index contributed by atoms with van der Waals surface area (Å²) in [6.45, 7) is 11.6. The zero-order valence-corrected chi connectivity index (χ0v) is 14.7. The van der Waals surface area contributed by atoms with Crippen molar-refractivity contribution in [2.24, 2.45) is 17.3 Å². The average molecular weight is 313 g/mol. The fourth-order valence-corrected chi connectivity index (χ4v) is 2.40. The number of Topliss-reactive ketones (excluding diaryl/α,β-unsaturated/α-hetero) is 1. The summed E-state index contributed by atoms with van der Waals surface area (Å²) >= 11 is 0. The standard InChI is InChI=1S/C17H31NO4/c1-11(2)7-13(16(21)22)9-14(19)8-12(3)18-15(20)10-17(4,5)6/h11-13H,7-10H2,1-6H3,(H,18,20)(H,21,22)/t12-,13-/m1/s1. The number of carboxylic acids is 1. The van der Waals surface area contributed by atoms with Gasteiger partial charge in [0.2, 0.25) is 5.91 Å². The number of nitrogens with one attached hydrogen (secondary N) is 1. The number of carbonyl (C=O) groups is 3. The normalized spacial score (nSPS) is 14.5. The SMILES string of the molecule is CC(C)C[C@H](CC(=O)C[C@@H](C)NC(=O)CC(C)(C)C)C(=O)O. The molecule has 0 rings (SSSR count). The van der Waals surface area contributed by atoms with Crippen molar-refractivity contribution < 1.29 is 19.5 Å². The third kappa shape index (κ3) is 10.4. The lowest BCUT2D eigenvalue weighted by molar-refractivity contribution is -0.144. The van der Waals surface area contributed by atoms with Crippen molar-refractivity contribution in [2.45, 2.75) is 73.3 Å². The van der Waals surface area contributed by atoms with Crippen LogP contribution in [0.5, 0.6) is 0 Å². The number of hydrogen-bond donors (Lipinski definition) is 2. The molecule has 0 saturated heterocycles. The molecule has 2 N–H and O–H groups in total. The molecule has 5 heteroatoms. The van der Waals surface area contributed by atoms with Gasteiger partial charge < -0.3 is 10.4 Å². The van der Waals surface area contributed by atoms with Crippen molar-refractivity contribution in [1.82, 2.24) is 5.32 Å². The van der Waals surface area contributed by atoms with Gasteiger partial charge in [0.25, 0.3) is 0 Å². The molecule has 0 radical (unpaired) electrons. The van der Waals surface area contributed by atoms with Gasteiger partial charge in [-0.25, -0.2) is 0 Å². The average Bonchev–Trinajstić information content (AvgIpc) is 2.23. The highest BCUT2D eigenvalue weighted by molar-refractivity contribution is 5.85. The number of hydrogen-bond acceptors (Lipinski definition) is 3. The van der Waals surface area contributed by atoms with Crippen LogP contribution in [0.2, 0.25) is 0 Å². The molecule has 0 aliphatic heterocycles. The second kappa shape index (κ2) is 8.91. The minimum Gasteiger partial charge on any atom is -0.481 e. The van der Waals surface area contributed by atoms with Gasteiger partial charge in [0.1, 0.15) is 5.78 Å². The Kier molecular flexibility index (Phi) is 8.35. The topological polar surface area (TPSA) is 83.5 Å². The zero-order valence-electron chi connectivity index (χ0n) is 14.7. The first-order valence-electron chi connectivity index (χ1n) is 7.94. The first-order valence-corrected chi connectivity index (χ1v) is 7.94. The molecular weight excluding hydrogens is 282 g/mol. The molecule has 22 heavy (non-hydrogen) atoms. The summed E-state index contributed by atoms with van der Waals surface area (Å²) < 4.78 is 0. The summed E-state index contributed by atoms with van der Waals surface area (Å²) in [5.41, 5.74) is -0.0977. The highest BCUT2D eigenvalue weighted by Crippen LogP contribution is 2.19. The largest absolute Gasteiger partial charge is 0.481 e. The van der Waals surface area contributed by atoms with E-state index in [0.29, 0.717) is 12.8 Å². The quantitative estimate of drug-likeness (QED) is 0.685. The fraction of sp³-hybridized carbons (Fsp3) is 0.824. The van der Waals surface area contributed by atoms with Crippen LogP contribution >= 0.6 is 0 Å². The predicted octanol–water partition coefficient (Wildman–Crippen LogP) is 3.02. The molecule has 0 aromatic heterocycles. The first-order chi connectivity index (χ1) is 9.90. The molecule has 2 atom stereocenters. The van der Waals surface area contributed by atoms with E-state index in [4.69, 9.17) is 5.11 Å². The molecule has 0 aromatic rings. The number of ketones is 1. The lowest BCUT2D eigenvalue weighted by Gasteiger charge is -2.20. The lowest BCUT2D eigenvalue weighted by atomic mass is 9.90. The minimum absolute atomic E-state index is 0.0347. The summed E-state index contributed by atoms with van der Waals surface area (Å²) in [7, 11) is 0. The maximum absolute atomic E-state index is 12.0. The molecule has 0 spiro atoms. The van der Waals surface area contributed by atoms with Crippen molar-refractivity contribution in [2.75, 3.05) is 0 Å². The molecule has 0 aliphatic carbocycles. The van der Waals surface area contributed by atoms with Crippen molar-refractivity contribution in [3.8, 4) is 0 Å². The van der Waals surface area contributed by atoms with E-state index < -0.39 is 11.9 Å². The first kappa shape index (κ1) is 20.6. The van der Waals surface area contributed by atoms with Crippen LogP contribution in [0.25, 0.3) is 0 Å². The molecule has 0 saturated carbocycles. The summed E-state index contributed by atoms with van der Waals surface area (Å²) in [5, 5.41) is 12.0. The monoisotopic (exact) mass is 313 g/mol. The van der Waals surface area contributed by atoms with E-state index >= 15 is 0 Å². The number of amides is 1. The van der Waals surface area contributed by atoms with E-state index in [2.05, 4.69) is 5.32 Å². The van der Waals surface area contributed by atoms with Crippen LogP contribution in [-0.2, 0) is 14.4 Å². The van der Waals surface area contributed by atoms with E-state index in [9.17, 15) is 14.4 Å². The van der Waals surface area contributed by atoms with Gasteiger partial charge in [0.15, 0.2) is 0 Å². The van der Waals surface area contributed by atoms with Gasteiger partial charge in [-0.15, -0.1) is 0 Å². The van der Waals surface area contributed by atoms with Crippen LogP contribution in [0.1, 0.15) is 67.2 Å². The Balaban J connectivity index is 4.34. The molecular formula is C17H31NO4. The van der Waals surface area contributed by atoms with Crippen molar-refractivity contribution >= 4 is 17.7 Å². The highest BCUT2D eigenvalue weighted by Gasteiger charge is 2.24. The zero-order chi connectivity index (χ0) is 17.5. The van der Waals surface area contributed by atoms with E-state index in [1.165, 1.54) is 0 Å².